The number of aliphatic hydroxyl groups excluding tert-OH is 1. The Kier molecular flexibility index (Phi) is 4.63. The van der Waals surface area contributed by atoms with Gasteiger partial charge in [-0.3, -0.25) is 0 Å². The maximum absolute atomic E-state index is 11.5. The van der Waals surface area contributed by atoms with Gasteiger partial charge in [-0.2, -0.15) is 0 Å². The maximum Gasteiger partial charge on any atom is 0.314 e. The maximum atomic E-state index is 11.5. The first-order valence-electron chi connectivity index (χ1n) is 6.52. The highest BCUT2D eigenvalue weighted by Crippen LogP contribution is 2.27. The second-order valence-corrected chi connectivity index (χ2v) is 4.83. The van der Waals surface area contributed by atoms with E-state index in [1.807, 2.05) is 12.1 Å². The molecule has 0 saturated heterocycles. The molecular weight excluding hydrogens is 244 g/mol. The Labute approximate surface area is 113 Å². The number of amides is 2. The van der Waals surface area contributed by atoms with E-state index in [2.05, 4.69) is 10.6 Å². The number of nitrogens with one attached hydrogen (secondary N) is 2. The lowest BCUT2D eigenvalue weighted by Gasteiger charge is -2.13. The van der Waals surface area contributed by atoms with E-state index < -0.39 is 6.10 Å². The molecule has 1 aromatic rings. The highest BCUT2D eigenvalue weighted by atomic mass is 16.5. The molecule has 0 radical (unpaired) electrons. The van der Waals surface area contributed by atoms with Gasteiger partial charge in [-0.25, -0.2) is 4.79 Å². The van der Waals surface area contributed by atoms with Gasteiger partial charge in [0.15, 0.2) is 0 Å². The Balaban J connectivity index is 1.75. The fourth-order valence-electron chi connectivity index (χ4n) is 1.78. The quantitative estimate of drug-likeness (QED) is 0.728. The lowest BCUT2D eigenvalue weighted by Crippen LogP contribution is -2.38. The van der Waals surface area contributed by atoms with E-state index in [1.165, 1.54) is 12.8 Å². The molecule has 1 aliphatic rings. The molecule has 0 heterocycles. The van der Waals surface area contributed by atoms with Crippen molar-refractivity contribution in [1.29, 1.82) is 0 Å². The van der Waals surface area contributed by atoms with E-state index in [0.717, 1.165) is 12.1 Å². The van der Waals surface area contributed by atoms with Crippen LogP contribution in [0.4, 0.5) is 4.79 Å². The molecule has 104 valence electrons. The number of ether oxygens (including phenoxy) is 1. The Morgan fingerprint density at radius 2 is 2.26 bits per heavy atom. The van der Waals surface area contributed by atoms with Crippen molar-refractivity contribution in [2.24, 2.45) is 5.92 Å². The predicted octanol–water partition coefficient (Wildman–Crippen LogP) is 1.44. The molecule has 1 saturated carbocycles. The van der Waals surface area contributed by atoms with Crippen LogP contribution in [0, 0.1) is 5.92 Å². The highest BCUT2D eigenvalue weighted by Gasteiger charge is 2.21. The van der Waals surface area contributed by atoms with E-state index in [-0.39, 0.29) is 12.6 Å². The summed E-state index contributed by atoms with van der Waals surface area (Å²) in [6.07, 6.45) is 1.67. The van der Waals surface area contributed by atoms with Gasteiger partial charge in [0.25, 0.3) is 0 Å². The summed E-state index contributed by atoms with van der Waals surface area (Å²) in [4.78, 5) is 11.5. The Hall–Kier alpha value is -1.75. The highest BCUT2D eigenvalue weighted by molar-refractivity contribution is 5.73. The number of hydrogen-bond acceptors (Lipinski definition) is 3. The van der Waals surface area contributed by atoms with Crippen molar-refractivity contribution in [2.45, 2.75) is 18.9 Å². The minimum absolute atomic E-state index is 0.184. The molecule has 2 amide bonds. The topological polar surface area (TPSA) is 70.6 Å². The summed E-state index contributed by atoms with van der Waals surface area (Å²) >= 11 is 0. The van der Waals surface area contributed by atoms with Gasteiger partial charge < -0.3 is 20.5 Å². The molecule has 0 spiro atoms. The van der Waals surface area contributed by atoms with Crippen LogP contribution in [0.15, 0.2) is 24.3 Å². The van der Waals surface area contributed by atoms with Crippen LogP contribution in [0.3, 0.4) is 0 Å². The molecule has 2 rings (SSSR count). The third-order valence-corrected chi connectivity index (χ3v) is 3.18. The Morgan fingerprint density at radius 3 is 2.95 bits per heavy atom. The number of urea groups is 1. The lowest BCUT2D eigenvalue weighted by atomic mass is 10.1. The smallest absolute Gasteiger partial charge is 0.314 e. The van der Waals surface area contributed by atoms with Crippen molar-refractivity contribution in [3.63, 3.8) is 0 Å². The average molecular weight is 264 g/mol. The summed E-state index contributed by atoms with van der Waals surface area (Å²) in [5.41, 5.74) is 0.724. The zero-order valence-electron chi connectivity index (χ0n) is 11.1. The first-order valence-corrected chi connectivity index (χ1v) is 6.52. The number of hydrogen-bond donors (Lipinski definition) is 3. The largest absolute Gasteiger partial charge is 0.497 e. The number of carbonyl (C=O) groups excluding carboxylic acids is 1. The number of methoxy groups -OCH3 is 1. The van der Waals surface area contributed by atoms with Crippen LogP contribution in [0.1, 0.15) is 24.5 Å². The first-order chi connectivity index (χ1) is 9.19. The number of carbonyl (C=O) groups is 1. The number of aliphatic hydroxyl groups is 1. The second-order valence-electron chi connectivity index (χ2n) is 4.83. The summed E-state index contributed by atoms with van der Waals surface area (Å²) in [5.74, 6) is 1.34. The molecule has 1 atom stereocenters. The van der Waals surface area contributed by atoms with E-state index >= 15 is 0 Å². The predicted molar refractivity (Wildman–Crippen MR) is 72.1 cm³/mol. The van der Waals surface area contributed by atoms with Crippen molar-refractivity contribution in [3.05, 3.63) is 29.8 Å². The molecule has 1 fully saturated rings. The normalized spacial score (nSPS) is 15.7. The van der Waals surface area contributed by atoms with Crippen molar-refractivity contribution >= 4 is 6.03 Å². The molecule has 1 aromatic carbocycles. The fourth-order valence-corrected chi connectivity index (χ4v) is 1.78. The summed E-state index contributed by atoms with van der Waals surface area (Å²) in [6.45, 7) is 0.907. The minimum Gasteiger partial charge on any atom is -0.497 e. The Bertz CT molecular complexity index is 432. The van der Waals surface area contributed by atoms with Gasteiger partial charge in [-0.15, -0.1) is 0 Å². The third-order valence-electron chi connectivity index (χ3n) is 3.18. The molecular formula is C14H20N2O3. The van der Waals surface area contributed by atoms with Crippen molar-refractivity contribution in [2.75, 3.05) is 20.2 Å². The van der Waals surface area contributed by atoms with Crippen LogP contribution < -0.4 is 15.4 Å². The van der Waals surface area contributed by atoms with Gasteiger partial charge in [0.05, 0.1) is 13.2 Å². The fraction of sp³-hybridized carbons (Fsp3) is 0.500. The number of benzene rings is 1. The van der Waals surface area contributed by atoms with Gasteiger partial charge in [0, 0.05) is 13.1 Å². The monoisotopic (exact) mass is 264 g/mol. The molecule has 5 heteroatoms. The van der Waals surface area contributed by atoms with Crippen LogP contribution in [-0.4, -0.2) is 31.3 Å². The van der Waals surface area contributed by atoms with Crippen molar-refractivity contribution < 1.29 is 14.6 Å². The van der Waals surface area contributed by atoms with E-state index in [1.54, 1.807) is 19.2 Å². The molecule has 19 heavy (non-hydrogen) atoms. The van der Waals surface area contributed by atoms with Crippen molar-refractivity contribution in [3.8, 4) is 5.75 Å². The van der Waals surface area contributed by atoms with Gasteiger partial charge >= 0.3 is 6.03 Å². The van der Waals surface area contributed by atoms with Gasteiger partial charge in [-0.1, -0.05) is 12.1 Å². The molecule has 0 bridgehead atoms. The van der Waals surface area contributed by atoms with Crippen LogP contribution in [-0.2, 0) is 0 Å². The summed E-state index contributed by atoms with van der Waals surface area (Å²) in [7, 11) is 1.58. The SMILES string of the molecule is COc1cccc(C(O)CNC(=O)NCC2CC2)c1. The molecule has 1 unspecified atom stereocenters. The van der Waals surface area contributed by atoms with Crippen molar-refractivity contribution in [1.82, 2.24) is 10.6 Å². The average Bonchev–Trinajstić information content (AvgIpc) is 3.26. The van der Waals surface area contributed by atoms with E-state index in [0.29, 0.717) is 11.7 Å². The molecule has 5 nitrogen and oxygen atoms in total. The first kappa shape index (κ1) is 13.7. The van der Waals surface area contributed by atoms with Gasteiger partial charge in [0.1, 0.15) is 5.75 Å². The zero-order valence-corrected chi connectivity index (χ0v) is 11.1. The van der Waals surface area contributed by atoms with Crippen LogP contribution >= 0.6 is 0 Å². The number of rotatable bonds is 6. The molecule has 3 N–H and O–H groups in total. The summed E-state index contributed by atoms with van der Waals surface area (Å²) < 4.78 is 5.09. The minimum atomic E-state index is -0.734. The lowest BCUT2D eigenvalue weighted by molar-refractivity contribution is 0.172. The standard InChI is InChI=1S/C14H20N2O3/c1-19-12-4-2-3-11(7-12)13(17)9-16-14(18)15-8-10-5-6-10/h2-4,7,10,13,17H,5-6,8-9H2,1H3,(H2,15,16,18). The molecule has 1 aliphatic carbocycles. The summed E-state index contributed by atoms with van der Waals surface area (Å²) in [5, 5.41) is 15.4. The third kappa shape index (κ3) is 4.44. The molecule has 0 aliphatic heterocycles. The second kappa shape index (κ2) is 6.43. The van der Waals surface area contributed by atoms with Gasteiger partial charge in [-0.05, 0) is 36.5 Å². The summed E-state index contributed by atoms with van der Waals surface area (Å²) in [6, 6.07) is 6.95. The van der Waals surface area contributed by atoms with Crippen LogP contribution in [0.2, 0.25) is 0 Å². The van der Waals surface area contributed by atoms with E-state index in [9.17, 15) is 9.90 Å². The zero-order chi connectivity index (χ0) is 13.7. The van der Waals surface area contributed by atoms with E-state index in [4.69, 9.17) is 4.74 Å². The Morgan fingerprint density at radius 1 is 1.47 bits per heavy atom. The van der Waals surface area contributed by atoms with Gasteiger partial charge in [0.2, 0.25) is 0 Å². The molecule has 0 aromatic heterocycles. The van der Waals surface area contributed by atoms with Crippen LogP contribution in [0.5, 0.6) is 5.75 Å². The van der Waals surface area contributed by atoms with Crippen LogP contribution in [0.25, 0.3) is 0 Å².